The van der Waals surface area contributed by atoms with Gasteiger partial charge in [-0.2, -0.15) is 0 Å². The zero-order chi connectivity index (χ0) is 17.0. The third-order valence-corrected chi connectivity index (χ3v) is 4.41. The van der Waals surface area contributed by atoms with Crippen LogP contribution < -0.4 is 5.32 Å². The number of hydrogen-bond acceptors (Lipinski definition) is 4. The van der Waals surface area contributed by atoms with Gasteiger partial charge in [-0.05, 0) is 32.0 Å². The molecule has 7 heteroatoms. The van der Waals surface area contributed by atoms with Gasteiger partial charge in [-0.1, -0.05) is 47.4 Å². The van der Waals surface area contributed by atoms with Gasteiger partial charge in [0, 0.05) is 12.6 Å². The number of anilines is 1. The number of nitrogens with one attached hydrogen (secondary N) is 1. The fourth-order valence-electron chi connectivity index (χ4n) is 2.38. The Morgan fingerprint density at radius 3 is 2.78 bits per heavy atom. The van der Waals surface area contributed by atoms with Crippen LogP contribution in [-0.4, -0.2) is 29.1 Å². The lowest BCUT2D eigenvalue weighted by Gasteiger charge is -2.26. The highest BCUT2D eigenvalue weighted by Gasteiger charge is 2.23. The summed E-state index contributed by atoms with van der Waals surface area (Å²) in [6.45, 7) is 4.24. The molecule has 0 radical (unpaired) electrons. The van der Waals surface area contributed by atoms with Crippen molar-refractivity contribution in [1.82, 2.24) is 10.1 Å². The molecule has 1 aromatic heterocycles. The Balaban J connectivity index is 2.07. The lowest BCUT2D eigenvalue weighted by atomic mass is 10.1. The minimum absolute atomic E-state index is 0.138. The van der Waals surface area contributed by atoms with E-state index < -0.39 is 0 Å². The van der Waals surface area contributed by atoms with E-state index in [1.165, 1.54) is 0 Å². The Hall–Kier alpha value is -1.56. The average Bonchev–Trinajstić information content (AvgIpc) is 2.89. The van der Waals surface area contributed by atoms with E-state index in [2.05, 4.69) is 10.5 Å². The lowest BCUT2D eigenvalue weighted by molar-refractivity contribution is -0.121. The number of rotatable bonds is 6. The van der Waals surface area contributed by atoms with Crippen molar-refractivity contribution in [1.29, 1.82) is 0 Å². The van der Waals surface area contributed by atoms with Crippen molar-refractivity contribution in [2.24, 2.45) is 0 Å². The fraction of sp³-hybridized carbons (Fsp3) is 0.375. The Bertz CT molecular complexity index is 688. The molecule has 0 aliphatic heterocycles. The highest BCUT2D eigenvalue weighted by atomic mass is 35.5. The number of hydrogen-bond donors (Lipinski definition) is 1. The maximum atomic E-state index is 12.4. The summed E-state index contributed by atoms with van der Waals surface area (Å²) in [4.78, 5) is 14.4. The molecule has 2 aromatic rings. The van der Waals surface area contributed by atoms with Gasteiger partial charge in [-0.25, -0.2) is 0 Å². The highest BCUT2D eigenvalue weighted by Crippen LogP contribution is 2.27. The van der Waals surface area contributed by atoms with Crippen molar-refractivity contribution in [2.45, 2.75) is 32.9 Å². The van der Waals surface area contributed by atoms with Crippen molar-refractivity contribution in [3.05, 3.63) is 45.6 Å². The molecule has 0 aliphatic carbocycles. The number of carbonyl (C=O) groups is 1. The molecule has 1 unspecified atom stereocenters. The number of likely N-dealkylation sites (N-methyl/N-ethyl adjacent to an activating group) is 1. The summed E-state index contributed by atoms with van der Waals surface area (Å²) in [6, 6.07) is 6.84. The predicted octanol–water partition coefficient (Wildman–Crippen LogP) is 4.14. The minimum atomic E-state index is -0.318. The van der Waals surface area contributed by atoms with E-state index in [0.29, 0.717) is 34.6 Å². The molecule has 0 bridgehead atoms. The molecule has 0 fully saturated rings. The standard InChI is InChI=1S/C16H19Cl2N3O2/c1-4-13(16(22)19-14-8-10(2)23-20-14)21(3)9-11-6-5-7-12(17)15(11)18/h5-8,13H,4,9H2,1-3H3,(H,19,20,22). The summed E-state index contributed by atoms with van der Waals surface area (Å²) in [5, 5.41) is 7.56. The van der Waals surface area contributed by atoms with Gasteiger partial charge in [0.1, 0.15) is 5.76 Å². The molecular weight excluding hydrogens is 337 g/mol. The van der Waals surface area contributed by atoms with Crippen LogP contribution in [0.25, 0.3) is 0 Å². The predicted molar refractivity (Wildman–Crippen MR) is 91.9 cm³/mol. The van der Waals surface area contributed by atoms with Crippen LogP contribution in [0.3, 0.4) is 0 Å². The first-order chi connectivity index (χ1) is 10.9. The third-order valence-electron chi connectivity index (χ3n) is 3.55. The second-order valence-corrected chi connectivity index (χ2v) is 6.15. The number of carbonyl (C=O) groups excluding carboxylic acids is 1. The first kappa shape index (κ1) is 17.8. The summed E-state index contributed by atoms with van der Waals surface area (Å²) >= 11 is 12.3. The number of benzene rings is 1. The van der Waals surface area contributed by atoms with Crippen molar-refractivity contribution < 1.29 is 9.32 Å². The zero-order valence-corrected chi connectivity index (χ0v) is 14.8. The fourth-order valence-corrected chi connectivity index (χ4v) is 2.76. The molecule has 5 nitrogen and oxygen atoms in total. The molecule has 0 spiro atoms. The smallest absolute Gasteiger partial charge is 0.242 e. The number of aryl methyl sites for hydroxylation is 1. The molecule has 1 aromatic carbocycles. The van der Waals surface area contributed by atoms with Crippen molar-refractivity contribution in [3.8, 4) is 0 Å². The second-order valence-electron chi connectivity index (χ2n) is 5.36. The summed E-state index contributed by atoms with van der Waals surface area (Å²) in [5.41, 5.74) is 0.880. The van der Waals surface area contributed by atoms with Gasteiger partial charge >= 0.3 is 0 Å². The molecule has 0 saturated carbocycles. The first-order valence-electron chi connectivity index (χ1n) is 7.29. The molecule has 23 heavy (non-hydrogen) atoms. The van der Waals surface area contributed by atoms with Crippen LogP contribution >= 0.6 is 23.2 Å². The SMILES string of the molecule is CCC(C(=O)Nc1cc(C)on1)N(C)Cc1cccc(Cl)c1Cl. The van der Waals surface area contributed by atoms with Crippen molar-refractivity contribution in [3.63, 3.8) is 0 Å². The highest BCUT2D eigenvalue weighted by molar-refractivity contribution is 6.42. The van der Waals surface area contributed by atoms with Gasteiger partial charge in [-0.3, -0.25) is 9.69 Å². The topological polar surface area (TPSA) is 58.4 Å². The summed E-state index contributed by atoms with van der Waals surface area (Å²) in [5.74, 6) is 0.925. The van der Waals surface area contributed by atoms with E-state index in [0.717, 1.165) is 5.56 Å². The summed E-state index contributed by atoms with van der Waals surface area (Å²) in [6.07, 6.45) is 0.650. The maximum absolute atomic E-state index is 12.4. The van der Waals surface area contributed by atoms with Crippen LogP contribution in [0, 0.1) is 6.92 Å². The number of amides is 1. The lowest BCUT2D eigenvalue weighted by Crippen LogP contribution is -2.41. The Morgan fingerprint density at radius 1 is 1.43 bits per heavy atom. The second kappa shape index (κ2) is 7.81. The third kappa shape index (κ3) is 4.47. The van der Waals surface area contributed by atoms with Crippen molar-refractivity contribution >= 4 is 34.9 Å². The Morgan fingerprint density at radius 2 is 2.17 bits per heavy atom. The quantitative estimate of drug-likeness (QED) is 0.845. The van der Waals surface area contributed by atoms with E-state index in [4.69, 9.17) is 27.7 Å². The monoisotopic (exact) mass is 355 g/mol. The average molecular weight is 356 g/mol. The van der Waals surface area contributed by atoms with Crippen LogP contribution in [-0.2, 0) is 11.3 Å². The van der Waals surface area contributed by atoms with Crippen LogP contribution in [0.5, 0.6) is 0 Å². The molecule has 2 rings (SSSR count). The molecule has 0 saturated heterocycles. The van der Waals surface area contributed by atoms with Crippen LogP contribution in [0.1, 0.15) is 24.7 Å². The Labute approximate surface area is 145 Å². The molecule has 1 N–H and O–H groups in total. The Kier molecular flexibility index (Phi) is 6.04. The van der Waals surface area contributed by atoms with Gasteiger partial charge in [0.05, 0.1) is 16.1 Å². The molecule has 1 heterocycles. The summed E-state index contributed by atoms with van der Waals surface area (Å²) < 4.78 is 4.95. The van der Waals surface area contributed by atoms with E-state index in [9.17, 15) is 4.79 Å². The number of nitrogens with zero attached hydrogens (tertiary/aromatic N) is 2. The number of aromatic nitrogens is 1. The van der Waals surface area contributed by atoms with Gasteiger partial charge in [0.25, 0.3) is 0 Å². The van der Waals surface area contributed by atoms with E-state index in [-0.39, 0.29) is 11.9 Å². The van der Waals surface area contributed by atoms with E-state index in [1.807, 2.05) is 31.0 Å². The molecule has 0 aliphatic rings. The largest absolute Gasteiger partial charge is 0.360 e. The first-order valence-corrected chi connectivity index (χ1v) is 8.05. The van der Waals surface area contributed by atoms with Gasteiger partial charge < -0.3 is 9.84 Å². The molecule has 1 amide bonds. The number of halogens is 2. The normalized spacial score (nSPS) is 12.4. The van der Waals surface area contributed by atoms with Gasteiger partial charge in [0.2, 0.25) is 5.91 Å². The van der Waals surface area contributed by atoms with Gasteiger partial charge in [0.15, 0.2) is 5.82 Å². The molecule has 124 valence electrons. The molecular formula is C16H19Cl2N3O2. The van der Waals surface area contributed by atoms with Crippen LogP contribution in [0.2, 0.25) is 10.0 Å². The van der Waals surface area contributed by atoms with Crippen LogP contribution in [0.4, 0.5) is 5.82 Å². The molecule has 1 atom stereocenters. The van der Waals surface area contributed by atoms with E-state index in [1.54, 1.807) is 19.1 Å². The van der Waals surface area contributed by atoms with Gasteiger partial charge in [-0.15, -0.1) is 0 Å². The van der Waals surface area contributed by atoms with Crippen molar-refractivity contribution in [2.75, 3.05) is 12.4 Å². The summed E-state index contributed by atoms with van der Waals surface area (Å²) in [7, 11) is 1.87. The maximum Gasteiger partial charge on any atom is 0.242 e. The van der Waals surface area contributed by atoms with Crippen LogP contribution in [0.15, 0.2) is 28.8 Å². The van der Waals surface area contributed by atoms with E-state index >= 15 is 0 Å². The zero-order valence-electron chi connectivity index (χ0n) is 13.3. The minimum Gasteiger partial charge on any atom is -0.360 e.